The predicted molar refractivity (Wildman–Crippen MR) is 65.4 cm³/mol. The molecule has 0 unspecified atom stereocenters. The molecule has 2 rings (SSSR count). The van der Waals surface area contributed by atoms with Gasteiger partial charge in [-0.25, -0.2) is 0 Å². The van der Waals surface area contributed by atoms with Gasteiger partial charge in [0.1, 0.15) is 11.5 Å². The summed E-state index contributed by atoms with van der Waals surface area (Å²) in [5, 5.41) is 17.5. The molecule has 2 aromatic carbocycles. The van der Waals surface area contributed by atoms with Crippen molar-refractivity contribution >= 4 is 5.69 Å². The van der Waals surface area contributed by atoms with E-state index in [1.54, 1.807) is 42.5 Å². The average Bonchev–Trinajstić information content (AvgIpc) is 2.26. The zero-order chi connectivity index (χ0) is 12.0. The molecule has 0 saturated carbocycles. The topological polar surface area (TPSA) is 66.5 Å². The third-order valence-corrected chi connectivity index (χ3v) is 2.01. The van der Waals surface area contributed by atoms with E-state index in [2.05, 4.69) is 0 Å². The maximum absolute atomic E-state index is 8.88. The molecular formula is C13H15NO2. The molecule has 0 radical (unpaired) electrons. The van der Waals surface area contributed by atoms with Gasteiger partial charge in [0.15, 0.2) is 0 Å². The van der Waals surface area contributed by atoms with Gasteiger partial charge in [-0.15, -0.1) is 0 Å². The Morgan fingerprint density at radius 2 is 1.50 bits per heavy atom. The molecule has 0 aliphatic carbocycles. The highest BCUT2D eigenvalue weighted by molar-refractivity contribution is 5.48. The van der Waals surface area contributed by atoms with E-state index in [1.165, 1.54) is 0 Å². The summed E-state index contributed by atoms with van der Waals surface area (Å²) in [7, 11) is 0. The molecule has 0 amide bonds. The van der Waals surface area contributed by atoms with Gasteiger partial charge in [0.2, 0.25) is 0 Å². The predicted octanol–water partition coefficient (Wildman–Crippen LogP) is 2.68. The number of hydrogen-bond acceptors (Lipinski definition) is 3. The molecular weight excluding hydrogens is 202 g/mol. The maximum Gasteiger partial charge on any atom is 0.115 e. The summed E-state index contributed by atoms with van der Waals surface area (Å²) < 4.78 is 0. The lowest BCUT2D eigenvalue weighted by Gasteiger charge is -1.97. The summed E-state index contributed by atoms with van der Waals surface area (Å²) in [5.74, 6) is 0.587. The van der Waals surface area contributed by atoms with E-state index < -0.39 is 0 Å². The second-order valence-electron chi connectivity index (χ2n) is 3.38. The van der Waals surface area contributed by atoms with Crippen LogP contribution in [0.3, 0.4) is 0 Å². The Kier molecular flexibility index (Phi) is 4.21. The van der Waals surface area contributed by atoms with Crippen molar-refractivity contribution in [1.82, 2.24) is 0 Å². The highest BCUT2D eigenvalue weighted by atomic mass is 16.3. The smallest absolute Gasteiger partial charge is 0.115 e. The lowest BCUT2D eigenvalue weighted by atomic mass is 10.2. The fraction of sp³-hybridized carbons (Fsp3) is 0.0769. The van der Waals surface area contributed by atoms with Crippen molar-refractivity contribution in [3.63, 3.8) is 0 Å². The lowest BCUT2D eigenvalue weighted by Crippen LogP contribution is -1.86. The van der Waals surface area contributed by atoms with E-state index in [1.807, 2.05) is 13.0 Å². The highest BCUT2D eigenvalue weighted by Crippen LogP contribution is 2.16. The molecule has 0 atom stereocenters. The van der Waals surface area contributed by atoms with Gasteiger partial charge >= 0.3 is 0 Å². The third kappa shape index (κ3) is 3.92. The Bertz CT molecular complexity index is 441. The number of hydrogen-bond donors (Lipinski definition) is 3. The number of aryl methyl sites for hydroxylation is 1. The zero-order valence-corrected chi connectivity index (χ0v) is 9.09. The van der Waals surface area contributed by atoms with Crippen LogP contribution in [-0.2, 0) is 0 Å². The summed E-state index contributed by atoms with van der Waals surface area (Å²) in [6.45, 7) is 1.86. The molecule has 0 fully saturated rings. The van der Waals surface area contributed by atoms with E-state index >= 15 is 0 Å². The van der Waals surface area contributed by atoms with Gasteiger partial charge in [0.05, 0.1) is 0 Å². The van der Waals surface area contributed by atoms with Crippen LogP contribution in [0, 0.1) is 6.92 Å². The summed E-state index contributed by atoms with van der Waals surface area (Å²) in [6, 6.07) is 13.6. The van der Waals surface area contributed by atoms with Crippen molar-refractivity contribution in [2.24, 2.45) is 0 Å². The Balaban J connectivity index is 0.000000165. The number of para-hydroxylation sites is 1. The average molecular weight is 217 g/mol. The number of phenolic OH excluding ortho intramolecular Hbond substituents is 2. The second-order valence-corrected chi connectivity index (χ2v) is 3.38. The van der Waals surface area contributed by atoms with Crippen LogP contribution in [0.1, 0.15) is 5.56 Å². The van der Waals surface area contributed by atoms with Gasteiger partial charge in [-0.1, -0.05) is 18.2 Å². The van der Waals surface area contributed by atoms with Gasteiger partial charge in [0, 0.05) is 5.69 Å². The summed E-state index contributed by atoms with van der Waals surface area (Å²) >= 11 is 0. The molecule has 0 aromatic heterocycles. The molecule has 16 heavy (non-hydrogen) atoms. The Morgan fingerprint density at radius 3 is 1.88 bits per heavy atom. The van der Waals surface area contributed by atoms with Crippen LogP contribution in [0.2, 0.25) is 0 Å². The first-order valence-electron chi connectivity index (χ1n) is 4.88. The van der Waals surface area contributed by atoms with Crippen molar-refractivity contribution in [3.05, 3.63) is 54.1 Å². The van der Waals surface area contributed by atoms with Gasteiger partial charge in [-0.3, -0.25) is 0 Å². The van der Waals surface area contributed by atoms with Crippen LogP contribution in [0.25, 0.3) is 0 Å². The maximum atomic E-state index is 8.88. The molecule has 3 heteroatoms. The van der Waals surface area contributed by atoms with Crippen LogP contribution < -0.4 is 5.73 Å². The first-order valence-corrected chi connectivity index (χ1v) is 4.88. The number of phenols is 2. The van der Waals surface area contributed by atoms with Gasteiger partial charge in [-0.2, -0.15) is 0 Å². The molecule has 0 heterocycles. The van der Waals surface area contributed by atoms with E-state index in [4.69, 9.17) is 15.9 Å². The Labute approximate surface area is 94.8 Å². The van der Waals surface area contributed by atoms with E-state index in [-0.39, 0.29) is 5.75 Å². The lowest BCUT2D eigenvalue weighted by molar-refractivity contribution is 0.474. The van der Waals surface area contributed by atoms with E-state index in [9.17, 15) is 0 Å². The molecule has 3 nitrogen and oxygen atoms in total. The number of aromatic hydroxyl groups is 2. The number of nitrogen functional groups attached to an aromatic ring is 1. The highest BCUT2D eigenvalue weighted by Gasteiger charge is 1.91. The van der Waals surface area contributed by atoms with Crippen LogP contribution in [0.5, 0.6) is 11.5 Å². The quantitative estimate of drug-likeness (QED) is 0.469. The zero-order valence-electron chi connectivity index (χ0n) is 9.09. The molecule has 0 spiro atoms. The van der Waals surface area contributed by atoms with Crippen molar-refractivity contribution in [1.29, 1.82) is 0 Å². The minimum Gasteiger partial charge on any atom is -0.508 e. The third-order valence-electron chi connectivity index (χ3n) is 2.01. The Hall–Kier alpha value is -2.16. The van der Waals surface area contributed by atoms with Crippen LogP contribution >= 0.6 is 0 Å². The van der Waals surface area contributed by atoms with E-state index in [0.29, 0.717) is 11.4 Å². The minimum atomic E-state index is 0.265. The molecule has 0 aliphatic rings. The van der Waals surface area contributed by atoms with Crippen LogP contribution in [-0.4, -0.2) is 10.2 Å². The fourth-order valence-corrected chi connectivity index (χ4v) is 1.09. The number of anilines is 1. The largest absolute Gasteiger partial charge is 0.508 e. The normalized spacial score (nSPS) is 9.06. The number of benzene rings is 2. The summed E-state index contributed by atoms with van der Waals surface area (Å²) in [5.41, 5.74) is 7.11. The first-order chi connectivity index (χ1) is 7.59. The van der Waals surface area contributed by atoms with Crippen LogP contribution in [0.4, 0.5) is 5.69 Å². The van der Waals surface area contributed by atoms with Gasteiger partial charge in [-0.05, 0) is 42.8 Å². The Morgan fingerprint density at radius 1 is 0.875 bits per heavy atom. The van der Waals surface area contributed by atoms with Gasteiger partial charge < -0.3 is 15.9 Å². The first kappa shape index (κ1) is 11.9. The second kappa shape index (κ2) is 5.66. The summed E-state index contributed by atoms with van der Waals surface area (Å²) in [6.07, 6.45) is 0. The van der Waals surface area contributed by atoms with Crippen molar-refractivity contribution in [2.45, 2.75) is 6.92 Å². The van der Waals surface area contributed by atoms with Gasteiger partial charge in [0.25, 0.3) is 0 Å². The monoisotopic (exact) mass is 217 g/mol. The number of nitrogens with two attached hydrogens (primary N) is 1. The minimum absolute atomic E-state index is 0.265. The molecule has 2 aromatic rings. The molecule has 0 bridgehead atoms. The standard InChI is InChI=1S/C7H9NO.C6H6O/c1-5-4-6(9)2-3-7(5)8;7-6-4-2-1-3-5-6/h2-4,9H,8H2,1H3;1-5,7H. The molecule has 84 valence electrons. The van der Waals surface area contributed by atoms with E-state index in [0.717, 1.165) is 5.56 Å². The molecule has 4 N–H and O–H groups in total. The van der Waals surface area contributed by atoms with Crippen molar-refractivity contribution in [2.75, 3.05) is 5.73 Å². The van der Waals surface area contributed by atoms with Crippen LogP contribution in [0.15, 0.2) is 48.5 Å². The number of rotatable bonds is 0. The van der Waals surface area contributed by atoms with Crippen molar-refractivity contribution < 1.29 is 10.2 Å². The summed E-state index contributed by atoms with van der Waals surface area (Å²) in [4.78, 5) is 0. The molecule has 0 aliphatic heterocycles. The SMILES string of the molecule is Cc1cc(O)ccc1N.Oc1ccccc1. The molecule has 0 saturated heterocycles. The van der Waals surface area contributed by atoms with Crippen molar-refractivity contribution in [3.8, 4) is 11.5 Å². The fourth-order valence-electron chi connectivity index (χ4n) is 1.09.